The summed E-state index contributed by atoms with van der Waals surface area (Å²) >= 11 is 11.9. The van der Waals surface area contributed by atoms with Gasteiger partial charge in [0.25, 0.3) is 0 Å². The third-order valence-electron chi connectivity index (χ3n) is 1.91. The molecule has 0 unspecified atom stereocenters. The first-order chi connectivity index (χ1) is 6.66. The van der Waals surface area contributed by atoms with E-state index in [2.05, 4.69) is 10.2 Å². The van der Waals surface area contributed by atoms with Gasteiger partial charge in [0.15, 0.2) is 0 Å². The van der Waals surface area contributed by atoms with Crippen LogP contribution in [0, 0.1) is 6.92 Å². The monoisotopic (exact) mass is 226 g/mol. The molecule has 1 aromatic heterocycles. The lowest BCUT2D eigenvalue weighted by Gasteiger charge is -2.00. The molecular weight excluding hydrogens is 219 g/mol. The van der Waals surface area contributed by atoms with E-state index in [4.69, 9.17) is 23.2 Å². The van der Waals surface area contributed by atoms with E-state index in [9.17, 15) is 0 Å². The molecule has 0 atom stereocenters. The number of halogens is 2. The second kappa shape index (κ2) is 3.64. The van der Waals surface area contributed by atoms with Gasteiger partial charge in [0.1, 0.15) is 0 Å². The zero-order valence-electron chi connectivity index (χ0n) is 7.51. The highest BCUT2D eigenvalue weighted by Crippen LogP contribution is 2.29. The minimum absolute atomic E-state index is 0.654. The first-order valence-corrected chi connectivity index (χ1v) is 4.90. The number of rotatable bonds is 1. The average molecular weight is 227 g/mol. The van der Waals surface area contributed by atoms with Crippen molar-refractivity contribution in [2.75, 3.05) is 0 Å². The molecule has 1 aromatic carbocycles. The first kappa shape index (κ1) is 9.56. The Hall–Kier alpha value is -0.990. The Kier molecular flexibility index (Phi) is 2.48. The molecule has 2 aromatic rings. The second-order valence-corrected chi connectivity index (χ2v) is 3.90. The van der Waals surface area contributed by atoms with E-state index >= 15 is 0 Å². The largest absolute Gasteiger partial charge is 0.282 e. The van der Waals surface area contributed by atoms with Crippen LogP contribution >= 0.6 is 23.2 Å². The number of aromatic nitrogens is 2. The van der Waals surface area contributed by atoms with Crippen LogP contribution in [0.15, 0.2) is 24.3 Å². The van der Waals surface area contributed by atoms with Crippen LogP contribution in [-0.2, 0) is 0 Å². The van der Waals surface area contributed by atoms with Gasteiger partial charge in [0.05, 0.1) is 10.7 Å². The molecule has 0 saturated carbocycles. The Balaban J connectivity index is 2.55. The molecule has 2 rings (SSSR count). The van der Waals surface area contributed by atoms with Gasteiger partial charge in [0.2, 0.25) is 0 Å². The fourth-order valence-corrected chi connectivity index (χ4v) is 1.64. The first-order valence-electron chi connectivity index (χ1n) is 4.14. The molecule has 0 saturated heterocycles. The second-order valence-electron chi connectivity index (χ2n) is 3.06. The lowest BCUT2D eigenvalue weighted by atomic mass is 10.1. The molecular formula is C10H8Cl2N2. The Morgan fingerprint density at radius 2 is 2.00 bits per heavy atom. The van der Waals surface area contributed by atoms with E-state index < -0.39 is 0 Å². The molecule has 0 bridgehead atoms. The summed E-state index contributed by atoms with van der Waals surface area (Å²) < 4.78 is 0. The molecule has 14 heavy (non-hydrogen) atoms. The molecule has 1 heterocycles. The maximum absolute atomic E-state index is 6.03. The van der Waals surface area contributed by atoms with Crippen LogP contribution in [0.5, 0.6) is 0 Å². The predicted octanol–water partition coefficient (Wildman–Crippen LogP) is 3.69. The maximum Gasteiger partial charge on any atom is 0.0938 e. The van der Waals surface area contributed by atoms with Crippen LogP contribution in [0.25, 0.3) is 11.3 Å². The fraction of sp³-hybridized carbons (Fsp3) is 0.100. The molecule has 0 aliphatic heterocycles. The van der Waals surface area contributed by atoms with Gasteiger partial charge in [0, 0.05) is 16.3 Å². The zero-order valence-corrected chi connectivity index (χ0v) is 9.02. The Bertz CT molecular complexity index is 463. The molecule has 0 aliphatic rings. The normalized spacial score (nSPS) is 10.5. The van der Waals surface area contributed by atoms with Gasteiger partial charge >= 0.3 is 0 Å². The van der Waals surface area contributed by atoms with E-state index in [-0.39, 0.29) is 0 Å². The summed E-state index contributed by atoms with van der Waals surface area (Å²) in [6.07, 6.45) is 0. The van der Waals surface area contributed by atoms with E-state index in [0.29, 0.717) is 10.0 Å². The minimum atomic E-state index is 0.654. The Morgan fingerprint density at radius 1 is 1.21 bits per heavy atom. The molecule has 1 N–H and O–H groups in total. The number of nitrogens with one attached hydrogen (secondary N) is 1. The van der Waals surface area contributed by atoms with Gasteiger partial charge in [-0.05, 0) is 31.2 Å². The zero-order chi connectivity index (χ0) is 10.1. The van der Waals surface area contributed by atoms with Crippen molar-refractivity contribution < 1.29 is 0 Å². The van der Waals surface area contributed by atoms with E-state index in [1.54, 1.807) is 18.2 Å². The number of aryl methyl sites for hydroxylation is 1. The van der Waals surface area contributed by atoms with Gasteiger partial charge in [-0.25, -0.2) is 0 Å². The molecule has 2 nitrogen and oxygen atoms in total. The Morgan fingerprint density at radius 3 is 2.64 bits per heavy atom. The maximum atomic E-state index is 6.03. The van der Waals surface area contributed by atoms with Gasteiger partial charge in [-0.15, -0.1) is 0 Å². The van der Waals surface area contributed by atoms with Crippen LogP contribution in [0.4, 0.5) is 0 Å². The van der Waals surface area contributed by atoms with Crippen molar-refractivity contribution in [3.05, 3.63) is 40.0 Å². The molecule has 0 aliphatic carbocycles. The summed E-state index contributed by atoms with van der Waals surface area (Å²) in [4.78, 5) is 0. The number of H-pyrrole nitrogens is 1. The van der Waals surface area contributed by atoms with Crippen LogP contribution in [0.1, 0.15) is 5.69 Å². The number of hydrogen-bond acceptors (Lipinski definition) is 1. The quantitative estimate of drug-likeness (QED) is 0.790. The average Bonchev–Trinajstić information content (AvgIpc) is 2.56. The van der Waals surface area contributed by atoms with Gasteiger partial charge < -0.3 is 0 Å². The summed E-state index contributed by atoms with van der Waals surface area (Å²) in [5, 5.41) is 8.29. The highest BCUT2D eigenvalue weighted by atomic mass is 35.5. The minimum Gasteiger partial charge on any atom is -0.282 e. The SMILES string of the molecule is Cc1cc(-c2cc(Cl)ccc2Cl)n[nH]1. The molecule has 0 radical (unpaired) electrons. The summed E-state index contributed by atoms with van der Waals surface area (Å²) in [6, 6.07) is 7.26. The van der Waals surface area contributed by atoms with Gasteiger partial charge in [-0.3, -0.25) is 5.10 Å². The molecule has 0 fully saturated rings. The smallest absolute Gasteiger partial charge is 0.0938 e. The third kappa shape index (κ3) is 1.76. The van der Waals surface area contributed by atoms with Crippen molar-refractivity contribution in [1.29, 1.82) is 0 Å². The van der Waals surface area contributed by atoms with Crippen molar-refractivity contribution in [2.45, 2.75) is 6.92 Å². The van der Waals surface area contributed by atoms with Gasteiger partial charge in [-0.2, -0.15) is 5.10 Å². The van der Waals surface area contributed by atoms with E-state index in [1.165, 1.54) is 0 Å². The Labute approximate surface area is 91.9 Å². The summed E-state index contributed by atoms with van der Waals surface area (Å²) in [5.74, 6) is 0. The fourth-order valence-electron chi connectivity index (χ4n) is 1.25. The van der Waals surface area contributed by atoms with E-state index in [0.717, 1.165) is 17.0 Å². The van der Waals surface area contributed by atoms with Crippen molar-refractivity contribution in [1.82, 2.24) is 10.2 Å². The van der Waals surface area contributed by atoms with Crippen LogP contribution in [0.2, 0.25) is 10.0 Å². The number of benzene rings is 1. The molecule has 0 amide bonds. The molecule has 72 valence electrons. The lowest BCUT2D eigenvalue weighted by molar-refractivity contribution is 1.05. The number of nitrogens with zero attached hydrogens (tertiary/aromatic N) is 1. The summed E-state index contributed by atoms with van der Waals surface area (Å²) in [7, 11) is 0. The summed E-state index contributed by atoms with van der Waals surface area (Å²) in [5.41, 5.74) is 2.66. The van der Waals surface area contributed by atoms with Crippen molar-refractivity contribution in [2.24, 2.45) is 0 Å². The van der Waals surface area contributed by atoms with Gasteiger partial charge in [-0.1, -0.05) is 23.2 Å². The number of aromatic amines is 1. The van der Waals surface area contributed by atoms with Crippen LogP contribution < -0.4 is 0 Å². The van der Waals surface area contributed by atoms with Crippen LogP contribution in [-0.4, -0.2) is 10.2 Å². The highest BCUT2D eigenvalue weighted by molar-refractivity contribution is 6.35. The van der Waals surface area contributed by atoms with Crippen LogP contribution in [0.3, 0.4) is 0 Å². The molecule has 0 spiro atoms. The van der Waals surface area contributed by atoms with Crippen molar-refractivity contribution in [3.63, 3.8) is 0 Å². The third-order valence-corrected chi connectivity index (χ3v) is 2.47. The molecule has 4 heteroatoms. The van der Waals surface area contributed by atoms with Crippen molar-refractivity contribution in [3.8, 4) is 11.3 Å². The standard InChI is InChI=1S/C10H8Cl2N2/c1-6-4-10(14-13-6)8-5-7(11)2-3-9(8)12/h2-5H,1H3,(H,13,14). The summed E-state index contributed by atoms with van der Waals surface area (Å²) in [6.45, 7) is 1.94. The lowest BCUT2D eigenvalue weighted by Crippen LogP contribution is -1.79. The predicted molar refractivity (Wildman–Crippen MR) is 58.8 cm³/mol. The van der Waals surface area contributed by atoms with Crippen molar-refractivity contribution >= 4 is 23.2 Å². The highest BCUT2D eigenvalue weighted by Gasteiger charge is 2.06. The topological polar surface area (TPSA) is 28.7 Å². The number of hydrogen-bond donors (Lipinski definition) is 1. The van der Waals surface area contributed by atoms with E-state index in [1.807, 2.05) is 13.0 Å².